The van der Waals surface area contributed by atoms with E-state index in [-0.39, 0.29) is 22.9 Å². The molecule has 0 heterocycles. The molecule has 0 atom stereocenters. The summed E-state index contributed by atoms with van der Waals surface area (Å²) in [6.45, 7) is 1.56. The molecule has 0 spiro atoms. The van der Waals surface area contributed by atoms with Crippen molar-refractivity contribution in [3.05, 3.63) is 29.8 Å². The van der Waals surface area contributed by atoms with Gasteiger partial charge in [0.05, 0.1) is 17.0 Å². The van der Waals surface area contributed by atoms with Gasteiger partial charge in [-0.05, 0) is 18.6 Å². The second-order valence-electron chi connectivity index (χ2n) is 4.97. The molecule has 0 aliphatic carbocycles. The van der Waals surface area contributed by atoms with Gasteiger partial charge in [-0.3, -0.25) is 9.59 Å². The van der Waals surface area contributed by atoms with Gasteiger partial charge in [0.1, 0.15) is 0 Å². The molecule has 0 fully saturated rings. The highest BCUT2D eigenvalue weighted by Gasteiger charge is 2.20. The molecule has 9 heteroatoms. The maximum atomic E-state index is 12.0. The standard InChI is InChI=1S/C15H20N2O6S/c1-3-8-16-13(18)9-17-14(19)10-23-15(20)11-6-4-5-7-12(11)24(2,21)22/h4-7H,3,8-10H2,1-2H3,(H,16,18)(H,17,19). The molecule has 8 nitrogen and oxygen atoms in total. The van der Waals surface area contributed by atoms with E-state index in [0.29, 0.717) is 6.54 Å². The second kappa shape index (κ2) is 9.02. The van der Waals surface area contributed by atoms with Gasteiger partial charge in [-0.2, -0.15) is 0 Å². The van der Waals surface area contributed by atoms with Crippen molar-refractivity contribution >= 4 is 27.6 Å². The van der Waals surface area contributed by atoms with Crippen molar-refractivity contribution in [1.82, 2.24) is 10.6 Å². The summed E-state index contributed by atoms with van der Waals surface area (Å²) in [5.41, 5.74) is -0.145. The lowest BCUT2D eigenvalue weighted by molar-refractivity contribution is -0.127. The van der Waals surface area contributed by atoms with Gasteiger partial charge in [-0.15, -0.1) is 0 Å². The summed E-state index contributed by atoms with van der Waals surface area (Å²) < 4.78 is 28.0. The molecule has 1 aromatic carbocycles. The molecule has 0 saturated carbocycles. The topological polar surface area (TPSA) is 119 Å². The van der Waals surface area contributed by atoms with Crippen LogP contribution in [0.25, 0.3) is 0 Å². The molecule has 0 saturated heterocycles. The number of esters is 1. The first-order chi connectivity index (χ1) is 11.3. The van der Waals surface area contributed by atoms with Crippen molar-refractivity contribution in [1.29, 1.82) is 0 Å². The molecule has 0 radical (unpaired) electrons. The Morgan fingerprint density at radius 2 is 1.75 bits per heavy atom. The van der Waals surface area contributed by atoms with Crippen LogP contribution < -0.4 is 10.6 Å². The van der Waals surface area contributed by atoms with Crippen molar-refractivity contribution in [2.24, 2.45) is 0 Å². The highest BCUT2D eigenvalue weighted by Crippen LogP contribution is 2.16. The number of hydrogen-bond acceptors (Lipinski definition) is 6. The van der Waals surface area contributed by atoms with Crippen LogP contribution in [-0.2, 0) is 24.2 Å². The first-order valence-electron chi connectivity index (χ1n) is 7.25. The molecule has 0 bridgehead atoms. The number of carbonyl (C=O) groups excluding carboxylic acids is 3. The lowest BCUT2D eigenvalue weighted by atomic mass is 10.2. The number of benzene rings is 1. The number of amides is 2. The normalized spacial score (nSPS) is 10.8. The molecule has 1 rings (SSSR count). The quantitative estimate of drug-likeness (QED) is 0.627. The molecule has 0 unspecified atom stereocenters. The summed E-state index contributed by atoms with van der Waals surface area (Å²) in [7, 11) is -3.60. The van der Waals surface area contributed by atoms with Crippen LogP contribution in [0.2, 0.25) is 0 Å². The van der Waals surface area contributed by atoms with E-state index in [1.54, 1.807) is 0 Å². The Morgan fingerprint density at radius 1 is 1.08 bits per heavy atom. The molecule has 0 aliphatic rings. The van der Waals surface area contributed by atoms with E-state index in [4.69, 9.17) is 4.74 Å². The molecule has 0 aromatic heterocycles. The SMILES string of the molecule is CCCNC(=O)CNC(=O)COC(=O)c1ccccc1S(C)(=O)=O. The first kappa shape index (κ1) is 19.6. The van der Waals surface area contributed by atoms with Gasteiger partial charge in [-0.25, -0.2) is 13.2 Å². The minimum absolute atomic E-state index is 0.145. The summed E-state index contributed by atoms with van der Waals surface area (Å²) in [6.07, 6.45) is 1.75. The van der Waals surface area contributed by atoms with Crippen LogP contribution in [0.15, 0.2) is 29.2 Å². The van der Waals surface area contributed by atoms with Gasteiger partial charge in [0.15, 0.2) is 16.4 Å². The molecule has 24 heavy (non-hydrogen) atoms. The van der Waals surface area contributed by atoms with Gasteiger partial charge in [-0.1, -0.05) is 19.1 Å². The zero-order valence-corrected chi connectivity index (χ0v) is 14.3. The van der Waals surface area contributed by atoms with E-state index in [2.05, 4.69) is 10.6 Å². The third-order valence-electron chi connectivity index (χ3n) is 2.86. The van der Waals surface area contributed by atoms with Crippen LogP contribution in [0.5, 0.6) is 0 Å². The maximum Gasteiger partial charge on any atom is 0.339 e. The largest absolute Gasteiger partial charge is 0.452 e. The summed E-state index contributed by atoms with van der Waals surface area (Å²) in [5.74, 6) is -1.94. The predicted octanol–water partition coefficient (Wildman–Crippen LogP) is -0.111. The van der Waals surface area contributed by atoms with Gasteiger partial charge < -0.3 is 15.4 Å². The fourth-order valence-corrected chi connectivity index (χ4v) is 2.60. The summed E-state index contributed by atoms with van der Waals surface area (Å²) in [6, 6.07) is 5.55. The Balaban J connectivity index is 2.55. The van der Waals surface area contributed by atoms with Gasteiger partial charge in [0.25, 0.3) is 5.91 Å². The molecule has 2 N–H and O–H groups in total. The minimum atomic E-state index is -3.60. The van der Waals surface area contributed by atoms with Crippen LogP contribution >= 0.6 is 0 Å². The van der Waals surface area contributed by atoms with Crippen molar-refractivity contribution < 1.29 is 27.5 Å². The van der Waals surface area contributed by atoms with Crippen LogP contribution in [0, 0.1) is 0 Å². The second-order valence-corrected chi connectivity index (χ2v) is 6.96. The Kier molecular flexibility index (Phi) is 7.37. The number of nitrogens with one attached hydrogen (secondary N) is 2. The maximum absolute atomic E-state index is 12.0. The lowest BCUT2D eigenvalue weighted by Gasteiger charge is -2.09. The molecular formula is C15H20N2O6S. The number of carbonyl (C=O) groups is 3. The van der Waals surface area contributed by atoms with Gasteiger partial charge >= 0.3 is 5.97 Å². The molecule has 0 aliphatic heterocycles. The molecular weight excluding hydrogens is 336 g/mol. The summed E-state index contributed by atoms with van der Waals surface area (Å²) in [5, 5.41) is 4.87. The molecule has 1 aromatic rings. The van der Waals surface area contributed by atoms with E-state index in [1.165, 1.54) is 24.3 Å². The van der Waals surface area contributed by atoms with Crippen LogP contribution in [-0.4, -0.2) is 52.2 Å². The Hall–Kier alpha value is -2.42. The third kappa shape index (κ3) is 6.37. The lowest BCUT2D eigenvalue weighted by Crippen LogP contribution is -2.39. The summed E-state index contributed by atoms with van der Waals surface area (Å²) in [4.78, 5) is 34.7. The minimum Gasteiger partial charge on any atom is -0.452 e. The number of sulfone groups is 1. The van der Waals surface area contributed by atoms with Crippen LogP contribution in [0.4, 0.5) is 0 Å². The van der Waals surface area contributed by atoms with Gasteiger partial charge in [0, 0.05) is 12.8 Å². The number of hydrogen-bond donors (Lipinski definition) is 2. The Morgan fingerprint density at radius 3 is 2.38 bits per heavy atom. The smallest absolute Gasteiger partial charge is 0.339 e. The average molecular weight is 356 g/mol. The predicted molar refractivity (Wildman–Crippen MR) is 86.1 cm³/mol. The summed E-state index contributed by atoms with van der Waals surface area (Å²) >= 11 is 0. The number of ether oxygens (including phenoxy) is 1. The number of rotatable bonds is 8. The zero-order valence-electron chi connectivity index (χ0n) is 13.5. The fourth-order valence-electron chi connectivity index (χ4n) is 1.72. The van der Waals surface area contributed by atoms with Crippen molar-refractivity contribution in [3.8, 4) is 0 Å². The highest BCUT2D eigenvalue weighted by molar-refractivity contribution is 7.90. The first-order valence-corrected chi connectivity index (χ1v) is 9.14. The fraction of sp³-hybridized carbons (Fsp3) is 0.400. The molecule has 2 amide bonds. The van der Waals surface area contributed by atoms with Crippen LogP contribution in [0.1, 0.15) is 23.7 Å². The highest BCUT2D eigenvalue weighted by atomic mass is 32.2. The van der Waals surface area contributed by atoms with Crippen molar-refractivity contribution in [2.75, 3.05) is 26.0 Å². The Labute approximate surface area is 140 Å². The van der Waals surface area contributed by atoms with E-state index in [0.717, 1.165) is 12.7 Å². The average Bonchev–Trinajstić information content (AvgIpc) is 2.55. The monoisotopic (exact) mass is 356 g/mol. The zero-order chi connectivity index (χ0) is 18.2. The van der Waals surface area contributed by atoms with Crippen LogP contribution in [0.3, 0.4) is 0 Å². The Bertz CT molecular complexity index is 714. The van der Waals surface area contributed by atoms with E-state index in [1.807, 2.05) is 6.92 Å². The van der Waals surface area contributed by atoms with E-state index >= 15 is 0 Å². The van der Waals surface area contributed by atoms with E-state index in [9.17, 15) is 22.8 Å². The van der Waals surface area contributed by atoms with Gasteiger partial charge in [0.2, 0.25) is 5.91 Å². The van der Waals surface area contributed by atoms with E-state index < -0.39 is 28.3 Å². The van der Waals surface area contributed by atoms with Crippen molar-refractivity contribution in [3.63, 3.8) is 0 Å². The van der Waals surface area contributed by atoms with Crippen molar-refractivity contribution in [2.45, 2.75) is 18.2 Å². The third-order valence-corrected chi connectivity index (χ3v) is 4.01. The molecule has 132 valence electrons.